The van der Waals surface area contributed by atoms with Crippen LogP contribution in [0.3, 0.4) is 0 Å². The standard InChI is InChI=1S/C14H26O2S/c1-13(17)11-9-7-5-3-4-6-8-10-12-14(15)16-2/h3-12H2,1-2H3. The Hall–Kier alpha value is -0.440. The average molecular weight is 258 g/mol. The molecule has 0 atom stereocenters. The Labute approximate surface area is 111 Å². The predicted octanol–water partition coefficient (Wildman–Crippen LogP) is 4.45. The van der Waals surface area contributed by atoms with Gasteiger partial charge in [0.25, 0.3) is 0 Å². The highest BCUT2D eigenvalue weighted by Gasteiger charge is 1.99. The molecule has 0 fully saturated rings. The second kappa shape index (κ2) is 12.0. The van der Waals surface area contributed by atoms with Crippen LogP contribution < -0.4 is 0 Å². The van der Waals surface area contributed by atoms with Crippen molar-refractivity contribution in [1.29, 1.82) is 0 Å². The quantitative estimate of drug-likeness (QED) is 0.311. The van der Waals surface area contributed by atoms with Gasteiger partial charge in [0.2, 0.25) is 0 Å². The molecule has 0 bridgehead atoms. The third-order valence-electron chi connectivity index (χ3n) is 2.89. The molecule has 0 N–H and O–H groups in total. The lowest BCUT2D eigenvalue weighted by molar-refractivity contribution is -0.140. The number of methoxy groups -OCH3 is 1. The summed E-state index contributed by atoms with van der Waals surface area (Å²) in [5.41, 5.74) is 0. The first kappa shape index (κ1) is 16.6. The largest absolute Gasteiger partial charge is 0.469 e. The van der Waals surface area contributed by atoms with Crippen LogP contribution in [0.5, 0.6) is 0 Å². The molecule has 0 saturated carbocycles. The first-order chi connectivity index (χ1) is 8.16. The van der Waals surface area contributed by atoms with Gasteiger partial charge in [-0.1, -0.05) is 50.7 Å². The fourth-order valence-electron chi connectivity index (χ4n) is 1.81. The minimum atomic E-state index is -0.0828. The highest BCUT2D eigenvalue weighted by Crippen LogP contribution is 2.11. The fraction of sp³-hybridized carbons (Fsp3) is 0.857. The van der Waals surface area contributed by atoms with E-state index in [9.17, 15) is 4.79 Å². The number of carbonyl (C=O) groups is 1. The maximum atomic E-state index is 10.8. The maximum absolute atomic E-state index is 10.8. The van der Waals surface area contributed by atoms with Gasteiger partial charge < -0.3 is 4.74 Å². The summed E-state index contributed by atoms with van der Waals surface area (Å²) in [7, 11) is 1.45. The Morgan fingerprint density at radius 1 is 0.882 bits per heavy atom. The summed E-state index contributed by atoms with van der Waals surface area (Å²) < 4.78 is 4.59. The molecule has 3 heteroatoms. The van der Waals surface area contributed by atoms with Gasteiger partial charge in [-0.3, -0.25) is 4.79 Å². The molecule has 0 aliphatic rings. The Kier molecular flexibility index (Phi) is 11.7. The molecular weight excluding hydrogens is 232 g/mol. The number of hydrogen-bond acceptors (Lipinski definition) is 3. The molecule has 0 spiro atoms. The molecule has 0 rings (SSSR count). The summed E-state index contributed by atoms with van der Waals surface area (Å²) >= 11 is 5.04. The van der Waals surface area contributed by atoms with Crippen LogP contribution in [0.2, 0.25) is 0 Å². The highest BCUT2D eigenvalue weighted by atomic mass is 32.1. The Bertz CT molecular complexity index is 214. The van der Waals surface area contributed by atoms with Crippen LogP contribution >= 0.6 is 12.2 Å². The van der Waals surface area contributed by atoms with Gasteiger partial charge in [0.05, 0.1) is 7.11 Å². The number of carbonyl (C=O) groups excluding carboxylic acids is 1. The van der Waals surface area contributed by atoms with Crippen LogP contribution in [0.25, 0.3) is 0 Å². The summed E-state index contributed by atoms with van der Waals surface area (Å²) in [6.45, 7) is 2.02. The molecule has 17 heavy (non-hydrogen) atoms. The first-order valence-electron chi connectivity index (χ1n) is 6.73. The van der Waals surface area contributed by atoms with Crippen LogP contribution in [0.4, 0.5) is 0 Å². The SMILES string of the molecule is COC(=O)CCCCCCCCCCC(C)=S. The lowest BCUT2D eigenvalue weighted by Crippen LogP contribution is -1.99. The van der Waals surface area contributed by atoms with E-state index in [2.05, 4.69) is 4.74 Å². The van der Waals surface area contributed by atoms with Gasteiger partial charge in [0.1, 0.15) is 0 Å². The average Bonchev–Trinajstić information content (AvgIpc) is 2.30. The summed E-state index contributed by atoms with van der Waals surface area (Å²) in [5, 5.41) is 0. The zero-order chi connectivity index (χ0) is 12.9. The van der Waals surface area contributed by atoms with Gasteiger partial charge in [-0.25, -0.2) is 0 Å². The van der Waals surface area contributed by atoms with Crippen molar-refractivity contribution >= 4 is 23.1 Å². The zero-order valence-corrected chi connectivity index (χ0v) is 12.1. The van der Waals surface area contributed by atoms with E-state index in [1.54, 1.807) is 0 Å². The molecule has 2 nitrogen and oxygen atoms in total. The second-order valence-electron chi connectivity index (χ2n) is 4.61. The van der Waals surface area contributed by atoms with Crippen molar-refractivity contribution in [2.45, 2.75) is 71.1 Å². The predicted molar refractivity (Wildman–Crippen MR) is 76.5 cm³/mol. The van der Waals surface area contributed by atoms with E-state index in [-0.39, 0.29) is 5.97 Å². The topological polar surface area (TPSA) is 26.3 Å². The van der Waals surface area contributed by atoms with Crippen molar-refractivity contribution < 1.29 is 9.53 Å². The number of unbranched alkanes of at least 4 members (excludes halogenated alkanes) is 7. The van der Waals surface area contributed by atoms with Crippen LogP contribution in [0.1, 0.15) is 71.1 Å². The van der Waals surface area contributed by atoms with Gasteiger partial charge in [0, 0.05) is 6.42 Å². The van der Waals surface area contributed by atoms with Crippen molar-refractivity contribution in [2.75, 3.05) is 7.11 Å². The molecule has 0 radical (unpaired) electrons. The molecule has 0 aliphatic carbocycles. The summed E-state index contributed by atoms with van der Waals surface area (Å²) in [5.74, 6) is -0.0828. The molecule has 0 heterocycles. The van der Waals surface area contributed by atoms with Gasteiger partial charge in [-0.05, 0) is 31.1 Å². The molecule has 0 aromatic carbocycles. The van der Waals surface area contributed by atoms with Crippen LogP contribution in [0, 0.1) is 0 Å². The van der Waals surface area contributed by atoms with Crippen LogP contribution in [0.15, 0.2) is 0 Å². The maximum Gasteiger partial charge on any atom is 0.305 e. The summed E-state index contributed by atoms with van der Waals surface area (Å²) in [4.78, 5) is 12.0. The smallest absolute Gasteiger partial charge is 0.305 e. The van der Waals surface area contributed by atoms with Gasteiger partial charge >= 0.3 is 5.97 Å². The summed E-state index contributed by atoms with van der Waals surface area (Å²) in [6.07, 6.45) is 11.5. The fourth-order valence-corrected chi connectivity index (χ4v) is 1.95. The van der Waals surface area contributed by atoms with E-state index < -0.39 is 0 Å². The second-order valence-corrected chi connectivity index (χ2v) is 5.30. The van der Waals surface area contributed by atoms with Gasteiger partial charge in [0.15, 0.2) is 0 Å². The molecule has 0 aromatic rings. The number of rotatable bonds is 11. The summed E-state index contributed by atoms with van der Waals surface area (Å²) in [6, 6.07) is 0. The number of hydrogen-bond donors (Lipinski definition) is 0. The normalized spacial score (nSPS) is 10.2. The van der Waals surface area contributed by atoms with E-state index in [0.717, 1.165) is 24.1 Å². The molecule has 0 aromatic heterocycles. The van der Waals surface area contributed by atoms with Crippen LogP contribution in [-0.2, 0) is 9.53 Å². The minimum absolute atomic E-state index is 0.0828. The molecule has 0 unspecified atom stereocenters. The first-order valence-corrected chi connectivity index (χ1v) is 7.14. The number of ether oxygens (including phenoxy) is 1. The number of esters is 1. The van der Waals surface area contributed by atoms with Crippen molar-refractivity contribution in [1.82, 2.24) is 0 Å². The van der Waals surface area contributed by atoms with E-state index in [1.807, 2.05) is 6.92 Å². The van der Waals surface area contributed by atoms with Crippen molar-refractivity contribution in [3.8, 4) is 0 Å². The Morgan fingerprint density at radius 2 is 1.29 bits per heavy atom. The van der Waals surface area contributed by atoms with E-state index in [4.69, 9.17) is 12.2 Å². The van der Waals surface area contributed by atoms with Gasteiger partial charge in [-0.2, -0.15) is 0 Å². The number of thiocarbonyl (C=S) groups is 1. The van der Waals surface area contributed by atoms with Crippen molar-refractivity contribution in [3.05, 3.63) is 0 Å². The Balaban J connectivity index is 3.03. The molecule has 0 aliphatic heterocycles. The van der Waals surface area contributed by atoms with E-state index >= 15 is 0 Å². The monoisotopic (exact) mass is 258 g/mol. The van der Waals surface area contributed by atoms with Crippen molar-refractivity contribution in [2.24, 2.45) is 0 Å². The Morgan fingerprint density at radius 3 is 1.71 bits per heavy atom. The zero-order valence-electron chi connectivity index (χ0n) is 11.3. The minimum Gasteiger partial charge on any atom is -0.469 e. The third kappa shape index (κ3) is 13.5. The molecule has 0 saturated heterocycles. The molecular formula is C14H26O2S. The van der Waals surface area contributed by atoms with Crippen molar-refractivity contribution in [3.63, 3.8) is 0 Å². The van der Waals surface area contributed by atoms with Crippen LogP contribution in [-0.4, -0.2) is 17.9 Å². The third-order valence-corrected chi connectivity index (χ3v) is 3.09. The lowest BCUT2D eigenvalue weighted by atomic mass is 10.1. The molecule has 100 valence electrons. The lowest BCUT2D eigenvalue weighted by Gasteiger charge is -2.02. The van der Waals surface area contributed by atoms with Gasteiger partial charge in [-0.15, -0.1) is 0 Å². The van der Waals surface area contributed by atoms with E-state index in [1.165, 1.54) is 45.6 Å². The highest BCUT2D eigenvalue weighted by molar-refractivity contribution is 7.80. The van der Waals surface area contributed by atoms with E-state index in [0.29, 0.717) is 6.42 Å². The molecule has 0 amide bonds.